The molecule has 104 valence electrons. The van der Waals surface area contributed by atoms with Crippen LogP contribution >= 0.6 is 0 Å². The van der Waals surface area contributed by atoms with Crippen LogP contribution in [0.2, 0.25) is 0 Å². The quantitative estimate of drug-likeness (QED) is 0.763. The van der Waals surface area contributed by atoms with Crippen LogP contribution in [-0.4, -0.2) is 23.4 Å². The molecular formula is C16H23NO2. The normalized spacial score (nSPS) is 23.9. The van der Waals surface area contributed by atoms with E-state index in [9.17, 15) is 5.11 Å². The first kappa shape index (κ1) is 12.9. The minimum Gasteiger partial charge on any atom is -0.508 e. The van der Waals surface area contributed by atoms with Crippen molar-refractivity contribution in [3.8, 4) is 5.75 Å². The zero-order valence-electron chi connectivity index (χ0n) is 11.4. The largest absolute Gasteiger partial charge is 0.508 e. The van der Waals surface area contributed by atoms with E-state index in [4.69, 9.17) is 5.11 Å². The molecule has 1 unspecified atom stereocenters. The average molecular weight is 261 g/mol. The fourth-order valence-electron chi connectivity index (χ4n) is 3.27. The van der Waals surface area contributed by atoms with E-state index in [2.05, 4.69) is 11.4 Å². The van der Waals surface area contributed by atoms with Crippen LogP contribution in [0.4, 0.5) is 0 Å². The highest BCUT2D eigenvalue weighted by Crippen LogP contribution is 2.48. The zero-order chi connectivity index (χ0) is 13.3. The van der Waals surface area contributed by atoms with E-state index in [-0.39, 0.29) is 0 Å². The summed E-state index contributed by atoms with van der Waals surface area (Å²) in [7, 11) is 0. The van der Waals surface area contributed by atoms with E-state index in [0.717, 1.165) is 25.8 Å². The van der Waals surface area contributed by atoms with Crippen LogP contribution in [0.3, 0.4) is 0 Å². The van der Waals surface area contributed by atoms with Gasteiger partial charge in [0.25, 0.3) is 0 Å². The number of aryl methyl sites for hydroxylation is 1. The van der Waals surface area contributed by atoms with E-state index in [1.54, 1.807) is 6.07 Å². The van der Waals surface area contributed by atoms with Crippen molar-refractivity contribution in [2.24, 2.45) is 5.41 Å². The SMILES string of the molecule is OCCC1(CNC2CCCc3ccc(O)cc32)CC1. The Labute approximate surface area is 114 Å². The fourth-order valence-corrected chi connectivity index (χ4v) is 3.27. The van der Waals surface area contributed by atoms with Gasteiger partial charge >= 0.3 is 0 Å². The molecule has 3 rings (SSSR count). The van der Waals surface area contributed by atoms with Gasteiger partial charge in [-0.05, 0) is 67.2 Å². The Balaban J connectivity index is 1.68. The van der Waals surface area contributed by atoms with Crippen LogP contribution in [0, 0.1) is 5.41 Å². The number of benzene rings is 1. The lowest BCUT2D eigenvalue weighted by Crippen LogP contribution is -2.31. The van der Waals surface area contributed by atoms with Gasteiger partial charge in [-0.2, -0.15) is 0 Å². The first-order valence-electron chi connectivity index (χ1n) is 7.38. The molecule has 0 amide bonds. The maximum atomic E-state index is 9.67. The summed E-state index contributed by atoms with van der Waals surface area (Å²) >= 11 is 0. The van der Waals surface area contributed by atoms with Crippen LogP contribution < -0.4 is 5.32 Å². The maximum Gasteiger partial charge on any atom is 0.115 e. The molecule has 1 saturated carbocycles. The molecule has 1 atom stereocenters. The van der Waals surface area contributed by atoms with Gasteiger partial charge in [0.1, 0.15) is 5.75 Å². The topological polar surface area (TPSA) is 52.5 Å². The lowest BCUT2D eigenvalue weighted by Gasteiger charge is -2.28. The predicted molar refractivity (Wildman–Crippen MR) is 75.2 cm³/mol. The van der Waals surface area contributed by atoms with Crippen molar-refractivity contribution in [2.75, 3.05) is 13.2 Å². The van der Waals surface area contributed by atoms with Crippen molar-refractivity contribution >= 4 is 0 Å². The van der Waals surface area contributed by atoms with E-state index in [1.807, 2.05) is 6.07 Å². The van der Waals surface area contributed by atoms with Crippen molar-refractivity contribution in [2.45, 2.75) is 44.6 Å². The average Bonchev–Trinajstić information content (AvgIpc) is 3.17. The first-order valence-corrected chi connectivity index (χ1v) is 7.38. The Morgan fingerprint density at radius 2 is 2.16 bits per heavy atom. The van der Waals surface area contributed by atoms with Gasteiger partial charge in [-0.25, -0.2) is 0 Å². The van der Waals surface area contributed by atoms with Crippen molar-refractivity contribution in [3.63, 3.8) is 0 Å². The molecule has 0 radical (unpaired) electrons. The molecule has 3 heteroatoms. The third kappa shape index (κ3) is 2.77. The third-order valence-corrected chi connectivity index (χ3v) is 4.77. The van der Waals surface area contributed by atoms with E-state index < -0.39 is 0 Å². The van der Waals surface area contributed by atoms with E-state index in [0.29, 0.717) is 23.8 Å². The van der Waals surface area contributed by atoms with Crippen molar-refractivity contribution in [1.29, 1.82) is 0 Å². The molecule has 0 saturated heterocycles. The molecule has 0 spiro atoms. The van der Waals surface area contributed by atoms with Crippen LogP contribution in [0.25, 0.3) is 0 Å². The summed E-state index contributed by atoms with van der Waals surface area (Å²) in [5.74, 6) is 0.365. The second-order valence-corrected chi connectivity index (χ2v) is 6.18. The lowest BCUT2D eigenvalue weighted by atomic mass is 9.87. The summed E-state index contributed by atoms with van der Waals surface area (Å²) < 4.78 is 0. The number of phenolic OH excluding ortho intramolecular Hbond substituents is 1. The van der Waals surface area contributed by atoms with Gasteiger partial charge in [0.05, 0.1) is 0 Å². The van der Waals surface area contributed by atoms with Crippen molar-refractivity contribution in [3.05, 3.63) is 29.3 Å². The Morgan fingerprint density at radius 3 is 2.89 bits per heavy atom. The fraction of sp³-hybridized carbons (Fsp3) is 0.625. The van der Waals surface area contributed by atoms with Crippen molar-refractivity contribution in [1.82, 2.24) is 5.32 Å². The number of phenols is 1. The molecule has 1 aromatic rings. The highest BCUT2D eigenvalue weighted by atomic mass is 16.3. The molecule has 2 aliphatic carbocycles. The second kappa shape index (κ2) is 5.14. The summed E-state index contributed by atoms with van der Waals surface area (Å²) in [6, 6.07) is 6.12. The number of hydrogen-bond donors (Lipinski definition) is 3. The van der Waals surface area contributed by atoms with Crippen molar-refractivity contribution < 1.29 is 10.2 Å². The predicted octanol–water partition coefficient (Wildman–Crippen LogP) is 2.52. The van der Waals surface area contributed by atoms with E-state index in [1.165, 1.54) is 30.4 Å². The molecule has 19 heavy (non-hydrogen) atoms. The molecule has 1 fully saturated rings. The van der Waals surface area contributed by atoms with Crippen LogP contribution in [-0.2, 0) is 6.42 Å². The van der Waals surface area contributed by atoms with Crippen LogP contribution in [0.1, 0.15) is 49.3 Å². The van der Waals surface area contributed by atoms with Gasteiger partial charge in [-0.3, -0.25) is 0 Å². The first-order chi connectivity index (χ1) is 9.22. The van der Waals surface area contributed by atoms with Crippen LogP contribution in [0.5, 0.6) is 5.75 Å². The third-order valence-electron chi connectivity index (χ3n) is 4.77. The Hall–Kier alpha value is -1.06. The highest BCUT2D eigenvalue weighted by molar-refractivity contribution is 5.38. The molecule has 0 aliphatic heterocycles. The Bertz CT molecular complexity index is 454. The number of aromatic hydroxyl groups is 1. The number of rotatable bonds is 5. The van der Waals surface area contributed by atoms with Gasteiger partial charge in [0.2, 0.25) is 0 Å². The van der Waals surface area contributed by atoms with Gasteiger partial charge in [0.15, 0.2) is 0 Å². The smallest absolute Gasteiger partial charge is 0.115 e. The van der Waals surface area contributed by atoms with Gasteiger partial charge in [-0.15, -0.1) is 0 Å². The number of aliphatic hydroxyl groups excluding tert-OH is 1. The number of nitrogens with one attached hydrogen (secondary N) is 1. The molecule has 0 bridgehead atoms. The number of fused-ring (bicyclic) bond motifs is 1. The van der Waals surface area contributed by atoms with E-state index >= 15 is 0 Å². The summed E-state index contributed by atoms with van der Waals surface area (Å²) in [6.07, 6.45) is 6.86. The molecule has 3 nitrogen and oxygen atoms in total. The molecular weight excluding hydrogens is 238 g/mol. The molecule has 3 N–H and O–H groups in total. The van der Waals surface area contributed by atoms with Gasteiger partial charge < -0.3 is 15.5 Å². The number of hydrogen-bond acceptors (Lipinski definition) is 3. The lowest BCUT2D eigenvalue weighted by molar-refractivity contribution is 0.240. The molecule has 2 aliphatic rings. The molecule has 1 aromatic carbocycles. The Kier molecular flexibility index (Phi) is 3.50. The monoisotopic (exact) mass is 261 g/mol. The van der Waals surface area contributed by atoms with Gasteiger partial charge in [0, 0.05) is 19.2 Å². The maximum absolute atomic E-state index is 9.67. The summed E-state index contributed by atoms with van der Waals surface area (Å²) in [5.41, 5.74) is 2.99. The number of aliphatic hydroxyl groups is 1. The summed E-state index contributed by atoms with van der Waals surface area (Å²) in [4.78, 5) is 0. The highest BCUT2D eigenvalue weighted by Gasteiger charge is 2.42. The minimum absolute atomic E-state index is 0.295. The molecule has 0 aromatic heterocycles. The zero-order valence-corrected chi connectivity index (χ0v) is 11.4. The Morgan fingerprint density at radius 1 is 1.32 bits per heavy atom. The van der Waals surface area contributed by atoms with Crippen LogP contribution in [0.15, 0.2) is 18.2 Å². The minimum atomic E-state index is 0.295. The van der Waals surface area contributed by atoms with Gasteiger partial charge in [-0.1, -0.05) is 6.07 Å². The second-order valence-electron chi connectivity index (χ2n) is 6.18. The summed E-state index contributed by atoms with van der Waals surface area (Å²) in [6.45, 7) is 1.29. The summed E-state index contributed by atoms with van der Waals surface area (Å²) in [5, 5.41) is 22.5. The standard InChI is InChI=1S/C16H23NO2/c18-9-8-16(6-7-16)11-17-15-3-1-2-12-4-5-13(19)10-14(12)15/h4-5,10,15,17-19H,1-3,6-9,11H2. The molecule has 0 heterocycles.